The lowest BCUT2D eigenvalue weighted by molar-refractivity contribution is -0.157. The van der Waals surface area contributed by atoms with E-state index in [-0.39, 0.29) is 17.3 Å². The van der Waals surface area contributed by atoms with E-state index in [0.29, 0.717) is 12.5 Å². The maximum Gasteiger partial charge on any atom is 0.309 e. The minimum atomic E-state index is 0.0112. The molecule has 1 saturated carbocycles. The predicted octanol–water partition coefficient (Wildman–Crippen LogP) is 4.35. The molecule has 0 heterocycles. The summed E-state index contributed by atoms with van der Waals surface area (Å²) < 4.78 is 5.44. The summed E-state index contributed by atoms with van der Waals surface area (Å²) in [5.74, 6) is 0.533. The van der Waals surface area contributed by atoms with Crippen LogP contribution >= 0.6 is 0 Å². The number of carbonyl (C=O) groups excluding carboxylic acids is 1. The fourth-order valence-corrected chi connectivity index (χ4v) is 3.13. The lowest BCUT2D eigenvalue weighted by Crippen LogP contribution is -2.40. The van der Waals surface area contributed by atoms with Gasteiger partial charge in [-0.05, 0) is 37.0 Å². The molecular weight excluding hydrogens is 224 g/mol. The molecule has 0 radical (unpaired) electrons. The van der Waals surface area contributed by atoms with Crippen LogP contribution in [0.25, 0.3) is 0 Å². The van der Waals surface area contributed by atoms with Crippen molar-refractivity contribution in [3.63, 3.8) is 0 Å². The van der Waals surface area contributed by atoms with E-state index < -0.39 is 0 Å². The van der Waals surface area contributed by atoms with Crippen LogP contribution in [0, 0.1) is 17.3 Å². The van der Waals surface area contributed by atoms with Crippen molar-refractivity contribution < 1.29 is 9.53 Å². The molecule has 1 aliphatic carbocycles. The lowest BCUT2D eigenvalue weighted by atomic mass is 9.64. The molecule has 2 nitrogen and oxygen atoms in total. The van der Waals surface area contributed by atoms with Crippen LogP contribution in [0.1, 0.15) is 59.8 Å². The molecule has 0 N–H and O–H groups in total. The largest absolute Gasteiger partial charge is 0.465 e. The smallest absolute Gasteiger partial charge is 0.309 e. The molecule has 0 saturated heterocycles. The highest BCUT2D eigenvalue weighted by atomic mass is 16.5. The van der Waals surface area contributed by atoms with Crippen LogP contribution in [-0.2, 0) is 9.53 Å². The molecule has 1 fully saturated rings. The van der Waals surface area contributed by atoms with Crippen molar-refractivity contribution in [2.75, 3.05) is 6.61 Å². The number of rotatable bonds is 5. The molecule has 0 aliphatic heterocycles. The Hall–Kier alpha value is -0.790. The Morgan fingerprint density at radius 3 is 2.72 bits per heavy atom. The zero-order valence-electron chi connectivity index (χ0n) is 12.4. The van der Waals surface area contributed by atoms with Gasteiger partial charge in [-0.15, -0.1) is 0 Å². The third kappa shape index (κ3) is 4.15. The number of allylic oxidation sites excluding steroid dienone is 1. The van der Waals surface area contributed by atoms with Gasteiger partial charge in [0, 0.05) is 0 Å². The number of ether oxygens (including phenoxy) is 1. The van der Waals surface area contributed by atoms with Gasteiger partial charge in [0.05, 0.1) is 12.5 Å². The van der Waals surface area contributed by atoms with Gasteiger partial charge in [-0.25, -0.2) is 0 Å². The van der Waals surface area contributed by atoms with Crippen molar-refractivity contribution in [1.82, 2.24) is 0 Å². The van der Waals surface area contributed by atoms with Crippen molar-refractivity contribution in [3.8, 4) is 0 Å². The second-order valence-electron chi connectivity index (χ2n) is 6.17. The van der Waals surface area contributed by atoms with E-state index in [1.807, 2.05) is 0 Å². The number of hydrogen-bond donors (Lipinski definition) is 0. The summed E-state index contributed by atoms with van der Waals surface area (Å²) >= 11 is 0. The van der Waals surface area contributed by atoms with E-state index in [9.17, 15) is 4.79 Å². The standard InChI is InChI=1S/C16H28O2/c1-5-6-7-8-12-18-15(17)14-13(2)10-9-11-16(14,3)4/h6-7,13-14H,5,8-12H2,1-4H3/b7-6-. The molecule has 0 aromatic carbocycles. The summed E-state index contributed by atoms with van der Waals surface area (Å²) in [6.07, 6.45) is 9.59. The maximum absolute atomic E-state index is 12.2. The highest BCUT2D eigenvalue weighted by Gasteiger charge is 2.42. The topological polar surface area (TPSA) is 26.3 Å². The van der Waals surface area contributed by atoms with E-state index in [4.69, 9.17) is 4.74 Å². The SMILES string of the molecule is CC/C=C\CCOC(=O)C1C(C)CCCC1(C)C. The Morgan fingerprint density at radius 2 is 2.11 bits per heavy atom. The molecule has 2 heteroatoms. The molecule has 1 rings (SSSR count). The van der Waals surface area contributed by atoms with Gasteiger partial charge in [0.15, 0.2) is 0 Å². The Labute approximate surface area is 112 Å². The lowest BCUT2D eigenvalue weighted by Gasteiger charge is -2.41. The van der Waals surface area contributed by atoms with Crippen LogP contribution in [0.15, 0.2) is 12.2 Å². The quantitative estimate of drug-likeness (QED) is 0.413. The minimum absolute atomic E-state index is 0.0112. The first-order chi connectivity index (χ1) is 8.49. The molecule has 0 aromatic rings. The zero-order valence-corrected chi connectivity index (χ0v) is 12.4. The van der Waals surface area contributed by atoms with Gasteiger partial charge in [-0.1, -0.05) is 46.3 Å². The van der Waals surface area contributed by atoms with Gasteiger partial charge < -0.3 is 4.74 Å². The molecule has 0 bridgehead atoms. The summed E-state index contributed by atoms with van der Waals surface area (Å²) in [6.45, 7) is 9.21. The van der Waals surface area contributed by atoms with Crippen LogP contribution in [0.4, 0.5) is 0 Å². The molecule has 0 spiro atoms. The molecule has 18 heavy (non-hydrogen) atoms. The van der Waals surface area contributed by atoms with Crippen molar-refractivity contribution in [1.29, 1.82) is 0 Å². The predicted molar refractivity (Wildman–Crippen MR) is 75.3 cm³/mol. The number of carbonyl (C=O) groups is 1. The zero-order chi connectivity index (χ0) is 13.6. The van der Waals surface area contributed by atoms with E-state index in [2.05, 4.69) is 39.8 Å². The Morgan fingerprint density at radius 1 is 1.39 bits per heavy atom. The summed E-state index contributed by atoms with van der Waals surface area (Å²) in [5, 5.41) is 0. The Bertz CT molecular complexity index is 291. The normalized spacial score (nSPS) is 27.3. The van der Waals surface area contributed by atoms with Crippen molar-refractivity contribution in [2.24, 2.45) is 17.3 Å². The van der Waals surface area contributed by atoms with E-state index in [1.165, 1.54) is 6.42 Å². The van der Waals surface area contributed by atoms with Crippen LogP contribution < -0.4 is 0 Å². The number of hydrogen-bond acceptors (Lipinski definition) is 2. The third-order valence-electron chi connectivity index (χ3n) is 4.08. The highest BCUT2D eigenvalue weighted by molar-refractivity contribution is 5.73. The third-order valence-corrected chi connectivity index (χ3v) is 4.08. The molecule has 104 valence electrons. The molecule has 1 aliphatic rings. The fourth-order valence-electron chi connectivity index (χ4n) is 3.13. The van der Waals surface area contributed by atoms with Gasteiger partial charge in [-0.3, -0.25) is 4.79 Å². The Balaban J connectivity index is 2.46. The van der Waals surface area contributed by atoms with Gasteiger partial charge in [0.1, 0.15) is 0 Å². The first-order valence-corrected chi connectivity index (χ1v) is 7.30. The monoisotopic (exact) mass is 252 g/mol. The van der Waals surface area contributed by atoms with Crippen molar-refractivity contribution >= 4 is 5.97 Å². The minimum Gasteiger partial charge on any atom is -0.465 e. The molecule has 2 atom stereocenters. The average molecular weight is 252 g/mol. The van der Waals surface area contributed by atoms with Gasteiger partial charge >= 0.3 is 5.97 Å². The fraction of sp³-hybridized carbons (Fsp3) is 0.812. The van der Waals surface area contributed by atoms with Crippen LogP contribution in [-0.4, -0.2) is 12.6 Å². The van der Waals surface area contributed by atoms with Crippen LogP contribution in [0.2, 0.25) is 0 Å². The van der Waals surface area contributed by atoms with E-state index in [0.717, 1.165) is 25.7 Å². The van der Waals surface area contributed by atoms with Gasteiger partial charge in [-0.2, -0.15) is 0 Å². The second-order valence-corrected chi connectivity index (χ2v) is 6.17. The van der Waals surface area contributed by atoms with Gasteiger partial charge in [0.2, 0.25) is 0 Å². The second kappa shape index (κ2) is 6.96. The highest BCUT2D eigenvalue weighted by Crippen LogP contribution is 2.44. The molecule has 0 aromatic heterocycles. The van der Waals surface area contributed by atoms with E-state index >= 15 is 0 Å². The van der Waals surface area contributed by atoms with Crippen molar-refractivity contribution in [3.05, 3.63) is 12.2 Å². The van der Waals surface area contributed by atoms with Crippen molar-refractivity contribution in [2.45, 2.75) is 59.8 Å². The maximum atomic E-state index is 12.2. The summed E-state index contributed by atoms with van der Waals surface area (Å²) in [6, 6.07) is 0. The van der Waals surface area contributed by atoms with Crippen LogP contribution in [0.3, 0.4) is 0 Å². The molecule has 0 amide bonds. The average Bonchev–Trinajstić information content (AvgIpc) is 2.27. The van der Waals surface area contributed by atoms with E-state index in [1.54, 1.807) is 0 Å². The molecule has 2 unspecified atom stereocenters. The summed E-state index contributed by atoms with van der Waals surface area (Å²) in [7, 11) is 0. The first-order valence-electron chi connectivity index (χ1n) is 7.30. The molecular formula is C16H28O2. The number of esters is 1. The van der Waals surface area contributed by atoms with Crippen LogP contribution in [0.5, 0.6) is 0 Å². The first kappa shape index (κ1) is 15.3. The van der Waals surface area contributed by atoms with Gasteiger partial charge in [0.25, 0.3) is 0 Å². The summed E-state index contributed by atoms with van der Waals surface area (Å²) in [4.78, 5) is 12.2. The Kier molecular flexibility index (Phi) is 5.90. The summed E-state index contributed by atoms with van der Waals surface area (Å²) in [5.41, 5.74) is 0.0913.